The smallest absolute Gasteiger partial charge is 0.170 e. The van der Waals surface area contributed by atoms with Gasteiger partial charge in [-0.1, -0.05) is 0 Å². The van der Waals surface area contributed by atoms with Crippen LogP contribution >= 0.6 is 12.2 Å². The van der Waals surface area contributed by atoms with Crippen molar-refractivity contribution in [3.8, 4) is 11.4 Å². The summed E-state index contributed by atoms with van der Waals surface area (Å²) in [6, 6.07) is 10.1. The van der Waals surface area contributed by atoms with Crippen LogP contribution in [0.3, 0.4) is 0 Å². The van der Waals surface area contributed by atoms with Gasteiger partial charge in [0, 0.05) is 36.5 Å². The molecule has 2 aliphatic carbocycles. The molecule has 0 amide bonds. The summed E-state index contributed by atoms with van der Waals surface area (Å²) in [6.45, 7) is 3.78. The van der Waals surface area contributed by atoms with E-state index in [1.54, 1.807) is 0 Å². The number of hydrogen-bond donors (Lipinski definition) is 3. The van der Waals surface area contributed by atoms with Gasteiger partial charge in [-0.15, -0.1) is 0 Å². The standard InChI is InChI=1S/C26H35N5O4S2/c1-18-17-35-14-12-31(18)23-16-22(26(10-11-26)37(33,34)15-3-13-32)29-24(30-23)19-6-8-21(9-7-19)28-25(36)27-20-4-2-5-20/h6-9,16,18,20,32H,2-5,10-15,17H2,1H3,(H2,27,28,36)/t18-/m0/s1. The molecule has 0 spiro atoms. The van der Waals surface area contributed by atoms with Gasteiger partial charge in [-0.05, 0) is 81.9 Å². The van der Waals surface area contributed by atoms with Crippen molar-refractivity contribution in [1.29, 1.82) is 0 Å². The molecule has 200 valence electrons. The number of nitrogens with zero attached hydrogens (tertiary/aromatic N) is 3. The zero-order chi connectivity index (χ0) is 26.0. The Labute approximate surface area is 224 Å². The third-order valence-electron chi connectivity index (χ3n) is 7.55. The molecule has 37 heavy (non-hydrogen) atoms. The summed E-state index contributed by atoms with van der Waals surface area (Å²) >= 11 is 5.43. The number of aliphatic hydroxyl groups is 1. The quantitative estimate of drug-likeness (QED) is 0.406. The number of anilines is 2. The highest BCUT2D eigenvalue weighted by Crippen LogP contribution is 2.53. The van der Waals surface area contributed by atoms with E-state index in [0.29, 0.717) is 61.1 Å². The van der Waals surface area contributed by atoms with Crippen LogP contribution < -0.4 is 15.5 Å². The number of morpholine rings is 1. The lowest BCUT2D eigenvalue weighted by Crippen LogP contribution is -2.44. The summed E-state index contributed by atoms with van der Waals surface area (Å²) < 4.78 is 31.2. The maximum Gasteiger partial charge on any atom is 0.170 e. The van der Waals surface area contributed by atoms with Crippen LogP contribution in [-0.2, 0) is 19.3 Å². The minimum Gasteiger partial charge on any atom is -0.396 e. The maximum atomic E-state index is 13.3. The van der Waals surface area contributed by atoms with Crippen LogP contribution in [0.15, 0.2) is 30.3 Å². The van der Waals surface area contributed by atoms with E-state index in [-0.39, 0.29) is 24.8 Å². The molecule has 0 radical (unpaired) electrons. The lowest BCUT2D eigenvalue weighted by atomic mass is 9.93. The largest absolute Gasteiger partial charge is 0.396 e. The van der Waals surface area contributed by atoms with Crippen LogP contribution in [0.4, 0.5) is 11.5 Å². The molecule has 1 aliphatic heterocycles. The molecule has 3 N–H and O–H groups in total. The van der Waals surface area contributed by atoms with E-state index in [1.165, 1.54) is 6.42 Å². The number of aliphatic hydroxyl groups excluding tert-OH is 1. The van der Waals surface area contributed by atoms with E-state index < -0.39 is 14.6 Å². The fourth-order valence-corrected chi connectivity index (χ4v) is 7.24. The average molecular weight is 546 g/mol. The van der Waals surface area contributed by atoms with E-state index in [4.69, 9.17) is 26.9 Å². The van der Waals surface area contributed by atoms with Gasteiger partial charge in [0.2, 0.25) is 0 Å². The fraction of sp³-hybridized carbons (Fsp3) is 0.577. The number of rotatable bonds is 9. The molecule has 9 nitrogen and oxygen atoms in total. The fourth-order valence-electron chi connectivity index (χ4n) is 4.91. The summed E-state index contributed by atoms with van der Waals surface area (Å²) in [5, 5.41) is 16.4. The van der Waals surface area contributed by atoms with E-state index in [9.17, 15) is 13.5 Å². The van der Waals surface area contributed by atoms with Crippen molar-refractivity contribution >= 4 is 38.7 Å². The molecule has 11 heteroatoms. The normalized spacial score (nSPS) is 21.2. The minimum absolute atomic E-state index is 0.0543. The van der Waals surface area contributed by atoms with Gasteiger partial charge in [-0.25, -0.2) is 18.4 Å². The lowest BCUT2D eigenvalue weighted by molar-refractivity contribution is 0.0985. The molecule has 1 aromatic heterocycles. The second-order valence-electron chi connectivity index (χ2n) is 10.2. The molecule has 2 heterocycles. The first-order valence-electron chi connectivity index (χ1n) is 13.1. The first-order chi connectivity index (χ1) is 17.8. The second-order valence-corrected chi connectivity index (χ2v) is 13.1. The van der Waals surface area contributed by atoms with Gasteiger partial charge in [0.05, 0.1) is 30.7 Å². The molecule has 1 aromatic carbocycles. The first-order valence-corrected chi connectivity index (χ1v) is 15.1. The third kappa shape index (κ3) is 5.59. The Kier molecular flexibility index (Phi) is 7.67. The zero-order valence-electron chi connectivity index (χ0n) is 21.1. The molecule has 3 aliphatic rings. The molecule has 1 saturated heterocycles. The summed E-state index contributed by atoms with van der Waals surface area (Å²) in [5.41, 5.74) is 2.21. The van der Waals surface area contributed by atoms with Crippen molar-refractivity contribution in [3.63, 3.8) is 0 Å². The number of sulfone groups is 1. The Bertz CT molecular complexity index is 1230. The topological polar surface area (TPSA) is 117 Å². The Morgan fingerprint density at radius 3 is 2.62 bits per heavy atom. The molecule has 3 fully saturated rings. The molecular formula is C26H35N5O4S2. The number of ether oxygens (including phenoxy) is 1. The molecule has 2 aromatic rings. The number of thiocarbonyl (C=S) groups is 1. The second kappa shape index (κ2) is 10.8. The van der Waals surface area contributed by atoms with E-state index >= 15 is 0 Å². The minimum atomic E-state index is -3.48. The Morgan fingerprint density at radius 1 is 1.24 bits per heavy atom. The Hall–Kier alpha value is -2.34. The van der Waals surface area contributed by atoms with Crippen LogP contribution in [0.5, 0.6) is 0 Å². The van der Waals surface area contributed by atoms with Crippen LogP contribution in [0.25, 0.3) is 11.4 Å². The molecule has 0 unspecified atom stereocenters. The summed E-state index contributed by atoms with van der Waals surface area (Å²) in [6.07, 6.45) is 4.82. The van der Waals surface area contributed by atoms with Gasteiger partial charge in [0.15, 0.2) is 20.8 Å². The molecule has 2 saturated carbocycles. The molecule has 5 rings (SSSR count). The summed E-state index contributed by atoms with van der Waals surface area (Å²) in [5.74, 6) is 1.16. The van der Waals surface area contributed by atoms with Crippen molar-refractivity contribution in [2.75, 3.05) is 42.3 Å². The van der Waals surface area contributed by atoms with E-state index in [0.717, 1.165) is 24.1 Å². The number of aromatic nitrogens is 2. The van der Waals surface area contributed by atoms with Crippen LogP contribution in [0.1, 0.15) is 51.1 Å². The SMILES string of the molecule is C[C@H]1COCCN1c1cc(C2(S(=O)(=O)CCCO)CC2)nc(-c2ccc(NC(=S)NC3CCC3)cc2)n1. The average Bonchev–Trinajstić information content (AvgIpc) is 3.69. The maximum absolute atomic E-state index is 13.3. The van der Waals surface area contributed by atoms with Crippen LogP contribution in [-0.4, -0.2) is 72.8 Å². The van der Waals surface area contributed by atoms with Gasteiger partial charge >= 0.3 is 0 Å². The van der Waals surface area contributed by atoms with Crippen molar-refractivity contribution < 1.29 is 18.3 Å². The predicted octanol–water partition coefficient (Wildman–Crippen LogP) is 2.99. The van der Waals surface area contributed by atoms with Crippen molar-refractivity contribution in [1.82, 2.24) is 15.3 Å². The van der Waals surface area contributed by atoms with Crippen molar-refractivity contribution in [2.24, 2.45) is 0 Å². The highest BCUT2D eigenvalue weighted by Gasteiger charge is 2.56. The first kappa shape index (κ1) is 26.3. The van der Waals surface area contributed by atoms with Crippen molar-refractivity contribution in [2.45, 2.75) is 62.3 Å². The monoisotopic (exact) mass is 545 g/mol. The Morgan fingerprint density at radius 2 is 2.00 bits per heavy atom. The molecule has 1 atom stereocenters. The highest BCUT2D eigenvalue weighted by molar-refractivity contribution is 7.92. The van der Waals surface area contributed by atoms with E-state index in [2.05, 4.69) is 22.5 Å². The summed E-state index contributed by atoms with van der Waals surface area (Å²) in [4.78, 5) is 11.9. The zero-order valence-corrected chi connectivity index (χ0v) is 22.8. The molecular weight excluding hydrogens is 510 g/mol. The molecule has 0 bridgehead atoms. The van der Waals surface area contributed by atoms with Gasteiger partial charge in [0.1, 0.15) is 10.6 Å². The summed E-state index contributed by atoms with van der Waals surface area (Å²) in [7, 11) is -3.48. The van der Waals surface area contributed by atoms with Gasteiger partial charge in [0.25, 0.3) is 0 Å². The number of benzene rings is 1. The highest BCUT2D eigenvalue weighted by atomic mass is 32.2. The number of hydrogen-bond acceptors (Lipinski definition) is 8. The van der Waals surface area contributed by atoms with Crippen LogP contribution in [0, 0.1) is 0 Å². The third-order valence-corrected chi connectivity index (χ3v) is 10.4. The predicted molar refractivity (Wildman–Crippen MR) is 148 cm³/mol. The van der Waals surface area contributed by atoms with Crippen molar-refractivity contribution in [3.05, 3.63) is 36.0 Å². The lowest BCUT2D eigenvalue weighted by Gasteiger charge is -2.34. The number of nitrogens with one attached hydrogen (secondary N) is 2. The van der Waals surface area contributed by atoms with E-state index in [1.807, 2.05) is 30.3 Å². The van der Waals surface area contributed by atoms with Gasteiger partial charge in [-0.3, -0.25) is 0 Å². The Balaban J connectivity index is 1.45. The van der Waals surface area contributed by atoms with Crippen LogP contribution in [0.2, 0.25) is 0 Å². The van der Waals surface area contributed by atoms with Gasteiger partial charge < -0.3 is 25.4 Å². The van der Waals surface area contributed by atoms with Gasteiger partial charge in [-0.2, -0.15) is 0 Å².